The van der Waals surface area contributed by atoms with E-state index in [0.29, 0.717) is 46.7 Å². The molecule has 4 aliphatic rings. The van der Waals surface area contributed by atoms with Crippen LogP contribution in [0.1, 0.15) is 45.5 Å². The van der Waals surface area contributed by atoms with Crippen molar-refractivity contribution in [2.24, 2.45) is 0 Å². The summed E-state index contributed by atoms with van der Waals surface area (Å²) >= 11 is 0. The van der Waals surface area contributed by atoms with E-state index in [1.54, 1.807) is 27.4 Å². The zero-order valence-corrected chi connectivity index (χ0v) is 25.6. The molecule has 44 heavy (non-hydrogen) atoms. The third-order valence-corrected chi connectivity index (χ3v) is 9.19. The minimum absolute atomic E-state index is 0.0259. The number of nitrogens with zero attached hydrogens (tertiary/aromatic N) is 1. The fourth-order valence-corrected chi connectivity index (χ4v) is 6.86. The van der Waals surface area contributed by atoms with Gasteiger partial charge in [0.05, 0.1) is 21.3 Å². The lowest BCUT2D eigenvalue weighted by Crippen LogP contribution is -2.34. The Labute approximate surface area is 258 Å². The number of ether oxygens (including phenoxy) is 5. The molecule has 0 aliphatic carbocycles. The largest absolute Gasteiger partial charge is 0.504 e. The third kappa shape index (κ3) is 5.08. The number of likely N-dealkylation sites (N-methyl/N-ethyl adjacent to an activating group) is 1. The van der Waals surface area contributed by atoms with Gasteiger partial charge in [0.2, 0.25) is 5.75 Å². The standard InChI is InChI=1S/C36H38N2O6/c1-38-14-12-24-19-33(41-3)35(42-4)36-34(24)28(38)16-21-5-8-25(9-6-21)43-30-17-22(7-10-29(30)39)15-27-26-20-32(44-36)31(40-2)18-23(26)11-13-37-27/h5-10,17-20,27-28,37,39H,11-16H2,1-4H3/t27-,28+/m0/s1. The van der Waals surface area contributed by atoms with Gasteiger partial charge < -0.3 is 34.1 Å². The first kappa shape index (κ1) is 28.4. The molecule has 2 N–H and O–H groups in total. The first-order valence-corrected chi connectivity index (χ1v) is 15.1. The Morgan fingerprint density at radius 1 is 0.795 bits per heavy atom. The number of fused-ring (bicyclic) bond motifs is 2. The highest BCUT2D eigenvalue weighted by Gasteiger charge is 2.34. The van der Waals surface area contributed by atoms with E-state index < -0.39 is 0 Å². The molecule has 8 heteroatoms. The van der Waals surface area contributed by atoms with Gasteiger partial charge in [0.25, 0.3) is 0 Å². The van der Waals surface area contributed by atoms with Gasteiger partial charge in [-0.25, -0.2) is 0 Å². The molecule has 0 fully saturated rings. The summed E-state index contributed by atoms with van der Waals surface area (Å²) in [4.78, 5) is 2.37. The van der Waals surface area contributed by atoms with Gasteiger partial charge >= 0.3 is 0 Å². The maximum Gasteiger partial charge on any atom is 0.204 e. The fourth-order valence-electron chi connectivity index (χ4n) is 6.86. The molecule has 228 valence electrons. The van der Waals surface area contributed by atoms with Crippen molar-refractivity contribution in [1.29, 1.82) is 0 Å². The zero-order valence-electron chi connectivity index (χ0n) is 25.6. The second kappa shape index (κ2) is 11.6. The molecule has 4 aromatic carbocycles. The molecule has 8 nitrogen and oxygen atoms in total. The number of hydrogen-bond acceptors (Lipinski definition) is 8. The molecule has 4 heterocycles. The highest BCUT2D eigenvalue weighted by molar-refractivity contribution is 5.63. The lowest BCUT2D eigenvalue weighted by molar-refractivity contribution is 0.221. The molecule has 0 saturated carbocycles. The van der Waals surface area contributed by atoms with E-state index in [1.165, 1.54) is 11.1 Å². The van der Waals surface area contributed by atoms with E-state index >= 15 is 0 Å². The molecule has 0 unspecified atom stereocenters. The average molecular weight is 595 g/mol. The molecular weight excluding hydrogens is 556 g/mol. The monoisotopic (exact) mass is 594 g/mol. The van der Waals surface area contributed by atoms with Crippen LogP contribution in [-0.2, 0) is 25.7 Å². The maximum atomic E-state index is 10.6. The number of phenols is 1. The van der Waals surface area contributed by atoms with Gasteiger partial charge in [0.1, 0.15) is 5.75 Å². The molecular formula is C36H38N2O6. The predicted molar refractivity (Wildman–Crippen MR) is 168 cm³/mol. The zero-order chi connectivity index (χ0) is 30.4. The van der Waals surface area contributed by atoms with Crippen LogP contribution in [0.2, 0.25) is 0 Å². The SMILES string of the molecule is COc1cc2c3cc1Oc1c(OC)c(OC)cc4c1[C@@H](Cc1ccc(cc1)Oc1cc(ccc1O)C[C@@H]3NCC2)N(C)CC4. The molecule has 4 aromatic rings. The van der Waals surface area contributed by atoms with Crippen LogP contribution in [0.5, 0.6) is 46.0 Å². The number of hydrogen-bond donors (Lipinski definition) is 2. The van der Waals surface area contributed by atoms with Gasteiger partial charge in [-0.15, -0.1) is 0 Å². The van der Waals surface area contributed by atoms with E-state index in [1.807, 2.05) is 24.3 Å². The summed E-state index contributed by atoms with van der Waals surface area (Å²) in [5.41, 5.74) is 6.85. The Bertz CT molecular complexity index is 1700. The summed E-state index contributed by atoms with van der Waals surface area (Å²) in [6, 6.07) is 20.0. The minimum Gasteiger partial charge on any atom is -0.504 e. The lowest BCUT2D eigenvalue weighted by Gasteiger charge is -2.37. The van der Waals surface area contributed by atoms with Crippen LogP contribution in [0.25, 0.3) is 0 Å². The van der Waals surface area contributed by atoms with Crippen molar-refractivity contribution >= 4 is 0 Å². The van der Waals surface area contributed by atoms with Crippen LogP contribution in [0.15, 0.2) is 60.7 Å². The van der Waals surface area contributed by atoms with Crippen molar-refractivity contribution in [2.75, 3.05) is 41.5 Å². The van der Waals surface area contributed by atoms with Crippen LogP contribution in [0.3, 0.4) is 0 Å². The maximum absolute atomic E-state index is 10.6. The second-order valence-corrected chi connectivity index (χ2v) is 11.8. The fraction of sp³-hybridized carbons (Fsp3) is 0.333. The quantitative estimate of drug-likeness (QED) is 0.278. The average Bonchev–Trinajstić information content (AvgIpc) is 3.04. The van der Waals surface area contributed by atoms with Crippen molar-refractivity contribution in [3.8, 4) is 46.0 Å². The molecule has 0 aromatic heterocycles. The number of aromatic hydroxyl groups is 1. The second-order valence-electron chi connectivity index (χ2n) is 11.8. The third-order valence-electron chi connectivity index (χ3n) is 9.19. The Kier molecular flexibility index (Phi) is 7.48. The van der Waals surface area contributed by atoms with E-state index in [4.69, 9.17) is 23.7 Å². The van der Waals surface area contributed by atoms with E-state index in [2.05, 4.69) is 47.6 Å². The van der Waals surface area contributed by atoms with Gasteiger partial charge in [-0.1, -0.05) is 18.2 Å². The van der Waals surface area contributed by atoms with E-state index in [9.17, 15) is 5.11 Å². The summed E-state index contributed by atoms with van der Waals surface area (Å²) in [5.74, 6) is 4.40. The first-order valence-electron chi connectivity index (χ1n) is 15.1. The topological polar surface area (TPSA) is 81.7 Å². The predicted octanol–water partition coefficient (Wildman–Crippen LogP) is 6.52. The molecule has 8 rings (SSSR count). The van der Waals surface area contributed by atoms with Gasteiger partial charge in [-0.05, 0) is 110 Å². The van der Waals surface area contributed by atoms with Crippen molar-refractivity contribution in [3.05, 3.63) is 94.0 Å². The summed E-state index contributed by atoms with van der Waals surface area (Å²) in [6.07, 6.45) is 3.20. The number of benzene rings is 4. The Balaban J connectivity index is 1.45. The normalized spacial score (nSPS) is 19.1. The van der Waals surface area contributed by atoms with Gasteiger partial charge in [0.15, 0.2) is 34.5 Å². The smallest absolute Gasteiger partial charge is 0.204 e. The van der Waals surface area contributed by atoms with E-state index in [0.717, 1.165) is 54.6 Å². The number of methoxy groups -OCH3 is 3. The highest BCUT2D eigenvalue weighted by atomic mass is 16.5. The number of rotatable bonds is 3. The minimum atomic E-state index is 0.0259. The van der Waals surface area contributed by atoms with Crippen LogP contribution < -0.4 is 29.0 Å². The number of nitrogens with one attached hydrogen (secondary N) is 1. The number of phenolic OH excluding ortho intramolecular Hbond substituents is 1. The van der Waals surface area contributed by atoms with Crippen molar-refractivity contribution < 1.29 is 28.8 Å². The van der Waals surface area contributed by atoms with Gasteiger partial charge in [0, 0.05) is 24.2 Å². The highest BCUT2D eigenvalue weighted by Crippen LogP contribution is 2.51. The molecule has 0 saturated heterocycles. The first-order chi connectivity index (χ1) is 21.4. The lowest BCUT2D eigenvalue weighted by atomic mass is 9.87. The Morgan fingerprint density at radius 3 is 2.34 bits per heavy atom. The van der Waals surface area contributed by atoms with Crippen molar-refractivity contribution in [1.82, 2.24) is 10.2 Å². The summed E-state index contributed by atoms with van der Waals surface area (Å²) < 4.78 is 30.9. The Morgan fingerprint density at radius 2 is 1.57 bits per heavy atom. The Hall–Kier alpha value is -4.40. The van der Waals surface area contributed by atoms with Crippen molar-refractivity contribution in [2.45, 2.75) is 37.8 Å². The van der Waals surface area contributed by atoms with Crippen molar-refractivity contribution in [3.63, 3.8) is 0 Å². The van der Waals surface area contributed by atoms with Crippen LogP contribution >= 0.6 is 0 Å². The molecule has 0 radical (unpaired) electrons. The summed E-state index contributed by atoms with van der Waals surface area (Å²) in [7, 11) is 7.16. The van der Waals surface area contributed by atoms with Gasteiger partial charge in [-0.3, -0.25) is 4.90 Å². The van der Waals surface area contributed by atoms with Crippen LogP contribution in [-0.4, -0.2) is 51.5 Å². The van der Waals surface area contributed by atoms with Crippen LogP contribution in [0, 0.1) is 0 Å². The van der Waals surface area contributed by atoms with Gasteiger partial charge in [-0.2, -0.15) is 0 Å². The summed E-state index contributed by atoms with van der Waals surface area (Å²) in [6.45, 7) is 1.75. The van der Waals surface area contributed by atoms with Crippen LogP contribution in [0.4, 0.5) is 0 Å². The summed E-state index contributed by atoms with van der Waals surface area (Å²) in [5, 5.41) is 14.3. The molecule has 2 atom stereocenters. The molecule has 0 spiro atoms. The molecule has 6 bridgehead atoms. The molecule has 0 amide bonds. The van der Waals surface area contributed by atoms with E-state index in [-0.39, 0.29) is 17.8 Å². The molecule has 4 aliphatic heterocycles.